The van der Waals surface area contributed by atoms with Gasteiger partial charge in [0, 0.05) is 12.8 Å². The maximum absolute atomic E-state index is 11.6. The van der Waals surface area contributed by atoms with Gasteiger partial charge in [0.15, 0.2) is 0 Å². The first kappa shape index (κ1) is 27.2. The lowest BCUT2D eigenvalue weighted by molar-refractivity contribution is -0.203. The third-order valence-corrected chi connectivity index (χ3v) is 5.31. The fourth-order valence-electron chi connectivity index (χ4n) is 2.06. The van der Waals surface area contributed by atoms with Crippen molar-refractivity contribution in [2.45, 2.75) is 66.1 Å². The van der Waals surface area contributed by atoms with Gasteiger partial charge in [-0.2, -0.15) is 0 Å². The van der Waals surface area contributed by atoms with E-state index in [1.54, 1.807) is 20.8 Å². The SMILES string of the molecule is C=S(=O)([O-])C1CC(=O)N(OC(=O)C(C)(C)C)C1=O.CC(C)(C)C(=O)ON1C(=O)CCC1=O. The van der Waals surface area contributed by atoms with Crippen LogP contribution in [0.1, 0.15) is 60.8 Å². The van der Waals surface area contributed by atoms with Crippen molar-refractivity contribution in [2.24, 2.45) is 10.8 Å². The monoisotopic (exact) mass is 475 g/mol. The van der Waals surface area contributed by atoms with Crippen molar-refractivity contribution in [3.8, 4) is 0 Å². The summed E-state index contributed by atoms with van der Waals surface area (Å²) in [5, 5.41) is -0.799. The Balaban J connectivity index is 0.000000330. The van der Waals surface area contributed by atoms with Gasteiger partial charge >= 0.3 is 11.9 Å². The van der Waals surface area contributed by atoms with Gasteiger partial charge in [0.25, 0.3) is 23.6 Å². The summed E-state index contributed by atoms with van der Waals surface area (Å²) in [6.45, 7) is 9.57. The number of carbonyl (C=O) groups excluding carboxylic acids is 6. The maximum atomic E-state index is 11.6. The summed E-state index contributed by atoms with van der Waals surface area (Å²) < 4.78 is 22.3. The molecule has 2 rings (SSSR count). The summed E-state index contributed by atoms with van der Waals surface area (Å²) in [6.07, 6.45) is -0.311. The number of hydroxylamine groups is 4. The average molecular weight is 475 g/mol. The molecule has 4 amide bonds. The number of hydrogen-bond donors (Lipinski definition) is 0. The van der Waals surface area contributed by atoms with Crippen LogP contribution in [0, 0.1) is 10.8 Å². The van der Waals surface area contributed by atoms with E-state index in [1.807, 2.05) is 0 Å². The fraction of sp³-hybridized carbons (Fsp3) is 0.632. The largest absolute Gasteiger partial charge is 0.777 e. The molecule has 12 nitrogen and oxygen atoms in total. The highest BCUT2D eigenvalue weighted by molar-refractivity contribution is 7.96. The molecule has 2 atom stereocenters. The van der Waals surface area contributed by atoms with Crippen LogP contribution < -0.4 is 0 Å². The normalized spacial score (nSPS) is 21.2. The molecule has 32 heavy (non-hydrogen) atoms. The first-order valence-electron chi connectivity index (χ1n) is 9.51. The van der Waals surface area contributed by atoms with E-state index in [9.17, 15) is 37.5 Å². The van der Waals surface area contributed by atoms with E-state index in [0.717, 1.165) is 0 Å². The van der Waals surface area contributed by atoms with E-state index in [2.05, 4.69) is 10.7 Å². The zero-order chi connectivity index (χ0) is 25.2. The van der Waals surface area contributed by atoms with Crippen molar-refractivity contribution < 1.29 is 47.2 Å². The second-order valence-corrected chi connectivity index (χ2v) is 11.1. The predicted octanol–water partition coefficient (Wildman–Crippen LogP) is 0.105. The Labute approximate surface area is 185 Å². The summed E-state index contributed by atoms with van der Waals surface area (Å²) in [5.41, 5.74) is -1.63. The molecule has 180 valence electrons. The topological polar surface area (TPSA) is 167 Å². The maximum Gasteiger partial charge on any atom is 0.338 e. The Bertz CT molecular complexity index is 924. The molecule has 0 aromatic rings. The lowest BCUT2D eigenvalue weighted by atomic mass is 9.98. The molecule has 0 aliphatic carbocycles. The molecule has 2 aliphatic heterocycles. The molecule has 13 heteroatoms. The number of carbonyl (C=O) groups is 6. The van der Waals surface area contributed by atoms with Crippen molar-refractivity contribution in [1.29, 1.82) is 0 Å². The summed E-state index contributed by atoms with van der Waals surface area (Å²) in [6, 6.07) is 0. The number of nitrogens with zero attached hydrogens (tertiary/aromatic N) is 2. The molecule has 0 N–H and O–H groups in total. The van der Waals surface area contributed by atoms with Crippen LogP contribution in [0.15, 0.2) is 0 Å². The Morgan fingerprint density at radius 3 is 1.56 bits per heavy atom. The first-order chi connectivity index (χ1) is 14.3. The molecule has 2 unspecified atom stereocenters. The van der Waals surface area contributed by atoms with Crippen LogP contribution in [0.2, 0.25) is 0 Å². The molecular formula is C19H27N2O10S-. The molecule has 2 fully saturated rings. The highest BCUT2D eigenvalue weighted by atomic mass is 32.2. The van der Waals surface area contributed by atoms with Crippen molar-refractivity contribution >= 4 is 51.2 Å². The van der Waals surface area contributed by atoms with Crippen molar-refractivity contribution in [1.82, 2.24) is 10.1 Å². The molecular weight excluding hydrogens is 448 g/mol. The smallest absolute Gasteiger partial charge is 0.338 e. The van der Waals surface area contributed by atoms with E-state index in [0.29, 0.717) is 5.06 Å². The van der Waals surface area contributed by atoms with Gasteiger partial charge in [-0.3, -0.25) is 23.4 Å². The van der Waals surface area contributed by atoms with Crippen LogP contribution in [0.25, 0.3) is 0 Å². The Kier molecular flexibility index (Phi) is 7.97. The summed E-state index contributed by atoms with van der Waals surface area (Å²) in [5.74, 6) is -1.40. The van der Waals surface area contributed by atoms with Crippen LogP contribution in [0.4, 0.5) is 0 Å². The highest BCUT2D eigenvalue weighted by Gasteiger charge is 2.44. The van der Waals surface area contributed by atoms with Crippen LogP contribution >= 0.6 is 0 Å². The predicted molar refractivity (Wildman–Crippen MR) is 108 cm³/mol. The zero-order valence-corrected chi connectivity index (χ0v) is 19.6. The zero-order valence-electron chi connectivity index (χ0n) is 18.8. The number of amides is 4. The van der Waals surface area contributed by atoms with Gasteiger partial charge in [0.1, 0.15) is 5.25 Å². The molecule has 0 radical (unpaired) electrons. The van der Waals surface area contributed by atoms with Gasteiger partial charge in [0.2, 0.25) is 0 Å². The lowest BCUT2D eigenvalue weighted by Crippen LogP contribution is -2.39. The summed E-state index contributed by atoms with van der Waals surface area (Å²) in [7, 11) is -3.94. The van der Waals surface area contributed by atoms with E-state index in [4.69, 9.17) is 4.84 Å². The third kappa shape index (κ3) is 6.85. The van der Waals surface area contributed by atoms with Crippen LogP contribution in [0.3, 0.4) is 0 Å². The van der Waals surface area contributed by atoms with Crippen molar-refractivity contribution in [2.75, 3.05) is 0 Å². The second-order valence-electron chi connectivity index (χ2n) is 9.22. The van der Waals surface area contributed by atoms with Crippen LogP contribution in [-0.2, 0) is 48.2 Å². The van der Waals surface area contributed by atoms with Crippen LogP contribution in [0.5, 0.6) is 0 Å². The van der Waals surface area contributed by atoms with Gasteiger partial charge in [-0.25, -0.2) is 9.59 Å². The third-order valence-electron chi connectivity index (χ3n) is 4.07. The minimum absolute atomic E-state index is 0.121. The standard InChI is InChI=1S/C10H15NO6S.C9H13NO4/c1-10(2,3)9(14)17-11-7(12)5-6(8(11)13)18(4,15)16;1-9(2,3)8(13)14-10-6(11)4-5-7(10)12/h6H,4-5H2,1-3H3,(H,15,16);4-5H2,1-3H3/p-1. The minimum Gasteiger partial charge on any atom is -0.777 e. The van der Waals surface area contributed by atoms with E-state index < -0.39 is 67.9 Å². The van der Waals surface area contributed by atoms with E-state index >= 15 is 0 Å². The minimum atomic E-state index is -3.94. The van der Waals surface area contributed by atoms with E-state index in [-0.39, 0.29) is 17.9 Å². The highest BCUT2D eigenvalue weighted by Crippen LogP contribution is 2.23. The van der Waals surface area contributed by atoms with Crippen molar-refractivity contribution in [3.63, 3.8) is 0 Å². The molecule has 2 aliphatic rings. The molecule has 0 bridgehead atoms. The van der Waals surface area contributed by atoms with Gasteiger partial charge in [0.05, 0.1) is 17.3 Å². The lowest BCUT2D eigenvalue weighted by Gasteiger charge is -2.22. The van der Waals surface area contributed by atoms with Gasteiger partial charge in [-0.05, 0) is 41.5 Å². The van der Waals surface area contributed by atoms with Gasteiger partial charge in [-0.15, -0.1) is 10.1 Å². The van der Waals surface area contributed by atoms with Gasteiger partial charge in [-0.1, -0.05) is 15.7 Å². The summed E-state index contributed by atoms with van der Waals surface area (Å²) >= 11 is 0. The Hall–Kier alpha value is -2.80. The van der Waals surface area contributed by atoms with Crippen LogP contribution in [-0.4, -0.2) is 65.6 Å². The number of hydrogen-bond acceptors (Lipinski definition) is 10. The molecule has 0 aromatic carbocycles. The Morgan fingerprint density at radius 2 is 1.25 bits per heavy atom. The van der Waals surface area contributed by atoms with Crippen molar-refractivity contribution in [3.05, 3.63) is 0 Å². The first-order valence-corrected chi connectivity index (χ1v) is 11.2. The molecule has 0 saturated carbocycles. The molecule has 0 aromatic heterocycles. The van der Waals surface area contributed by atoms with Gasteiger partial charge < -0.3 is 14.2 Å². The molecule has 2 saturated heterocycles. The number of rotatable bonds is 3. The quantitative estimate of drug-likeness (QED) is 0.403. The molecule has 0 spiro atoms. The van der Waals surface area contributed by atoms with E-state index in [1.165, 1.54) is 20.8 Å². The summed E-state index contributed by atoms with van der Waals surface area (Å²) in [4.78, 5) is 77.4. The fourth-order valence-corrected chi connectivity index (χ4v) is 2.86. The second kappa shape index (κ2) is 9.36. The molecule has 2 heterocycles. The Morgan fingerprint density at radius 1 is 0.875 bits per heavy atom. The number of imide groups is 2. The average Bonchev–Trinajstić information content (AvgIpc) is 3.08.